The molecule has 1 heterocycles. The van der Waals surface area contributed by atoms with Gasteiger partial charge < -0.3 is 20.5 Å². The maximum atomic E-state index is 11.7. The smallest absolute Gasteiger partial charge is 0.251 e. The highest BCUT2D eigenvalue weighted by molar-refractivity contribution is 5.94. The standard InChI is InChI=1S/C18H25N5O/c1-19-17(24)16-7-5-6-15(14-16)8-9-21-18(20-2)22-10-13-23-11-3-4-12-23/h3-7,11-12,14H,8-10,13H2,1-2H3,(H,19,24)(H2,20,21,22). The van der Waals surface area contributed by atoms with E-state index in [0.717, 1.165) is 37.6 Å². The van der Waals surface area contributed by atoms with E-state index in [1.54, 1.807) is 14.1 Å². The van der Waals surface area contributed by atoms with Crippen LogP contribution in [0, 0.1) is 0 Å². The third-order valence-electron chi connectivity index (χ3n) is 3.67. The van der Waals surface area contributed by atoms with Gasteiger partial charge in [-0.15, -0.1) is 0 Å². The Labute approximate surface area is 143 Å². The lowest BCUT2D eigenvalue weighted by atomic mass is 10.1. The second-order valence-corrected chi connectivity index (χ2v) is 5.38. The Kier molecular flexibility index (Phi) is 6.89. The average molecular weight is 327 g/mol. The molecule has 0 fully saturated rings. The average Bonchev–Trinajstić information content (AvgIpc) is 3.13. The van der Waals surface area contributed by atoms with E-state index in [4.69, 9.17) is 0 Å². The second kappa shape index (κ2) is 9.39. The molecule has 2 aromatic rings. The first-order chi connectivity index (χ1) is 11.7. The van der Waals surface area contributed by atoms with Crippen LogP contribution in [0.2, 0.25) is 0 Å². The number of nitrogens with one attached hydrogen (secondary N) is 3. The zero-order valence-corrected chi connectivity index (χ0v) is 14.2. The van der Waals surface area contributed by atoms with E-state index < -0.39 is 0 Å². The van der Waals surface area contributed by atoms with Gasteiger partial charge in [0.1, 0.15) is 0 Å². The zero-order valence-electron chi connectivity index (χ0n) is 14.2. The molecule has 0 aliphatic rings. The van der Waals surface area contributed by atoms with E-state index in [1.807, 2.05) is 48.8 Å². The van der Waals surface area contributed by atoms with E-state index in [1.165, 1.54) is 0 Å². The number of amides is 1. The monoisotopic (exact) mass is 327 g/mol. The Morgan fingerprint density at radius 3 is 2.58 bits per heavy atom. The van der Waals surface area contributed by atoms with Gasteiger partial charge in [-0.1, -0.05) is 12.1 Å². The minimum Gasteiger partial charge on any atom is -0.356 e. The molecule has 0 aliphatic carbocycles. The first kappa shape index (κ1) is 17.6. The Morgan fingerprint density at radius 2 is 1.88 bits per heavy atom. The Morgan fingerprint density at radius 1 is 1.12 bits per heavy atom. The van der Waals surface area contributed by atoms with Gasteiger partial charge in [0.2, 0.25) is 0 Å². The molecule has 6 nitrogen and oxygen atoms in total. The topological polar surface area (TPSA) is 70.4 Å². The van der Waals surface area contributed by atoms with Gasteiger partial charge >= 0.3 is 0 Å². The van der Waals surface area contributed by atoms with Crippen LogP contribution >= 0.6 is 0 Å². The van der Waals surface area contributed by atoms with Crippen LogP contribution in [0.3, 0.4) is 0 Å². The molecule has 0 saturated carbocycles. The first-order valence-electron chi connectivity index (χ1n) is 8.09. The number of rotatable bonds is 7. The number of guanidine groups is 1. The summed E-state index contributed by atoms with van der Waals surface area (Å²) >= 11 is 0. The van der Waals surface area contributed by atoms with Crippen molar-refractivity contribution in [2.45, 2.75) is 13.0 Å². The van der Waals surface area contributed by atoms with Crippen molar-refractivity contribution in [3.8, 4) is 0 Å². The van der Waals surface area contributed by atoms with Crippen LogP contribution in [0.1, 0.15) is 15.9 Å². The number of carbonyl (C=O) groups excluding carboxylic acids is 1. The van der Waals surface area contributed by atoms with Crippen molar-refractivity contribution in [1.82, 2.24) is 20.5 Å². The minimum absolute atomic E-state index is 0.0627. The summed E-state index contributed by atoms with van der Waals surface area (Å²) in [6.45, 7) is 2.45. The van der Waals surface area contributed by atoms with Gasteiger partial charge in [-0.3, -0.25) is 9.79 Å². The van der Waals surface area contributed by atoms with Crippen LogP contribution in [-0.4, -0.2) is 43.6 Å². The van der Waals surface area contributed by atoms with Gasteiger partial charge in [0.25, 0.3) is 5.91 Å². The summed E-state index contributed by atoms with van der Waals surface area (Å²) in [4.78, 5) is 15.9. The number of hydrogen-bond acceptors (Lipinski definition) is 2. The molecule has 0 radical (unpaired) electrons. The number of benzene rings is 1. The molecule has 0 aliphatic heterocycles. The van der Waals surface area contributed by atoms with Crippen molar-refractivity contribution >= 4 is 11.9 Å². The summed E-state index contributed by atoms with van der Waals surface area (Å²) in [5.41, 5.74) is 1.80. The molecule has 0 atom stereocenters. The molecule has 1 aromatic heterocycles. The number of hydrogen-bond donors (Lipinski definition) is 3. The summed E-state index contributed by atoms with van der Waals surface area (Å²) in [5, 5.41) is 9.22. The molecule has 24 heavy (non-hydrogen) atoms. The quantitative estimate of drug-likeness (QED) is 0.530. The highest BCUT2D eigenvalue weighted by atomic mass is 16.1. The molecule has 0 bridgehead atoms. The van der Waals surface area contributed by atoms with Crippen molar-refractivity contribution in [1.29, 1.82) is 0 Å². The van der Waals surface area contributed by atoms with Crippen molar-refractivity contribution in [3.05, 3.63) is 59.9 Å². The summed E-state index contributed by atoms with van der Waals surface area (Å²) < 4.78 is 2.12. The lowest BCUT2D eigenvalue weighted by Gasteiger charge is -2.12. The van der Waals surface area contributed by atoms with Crippen molar-refractivity contribution in [3.63, 3.8) is 0 Å². The minimum atomic E-state index is -0.0627. The summed E-state index contributed by atoms with van der Waals surface area (Å²) in [6.07, 6.45) is 4.90. The molecule has 2 rings (SSSR count). The lowest BCUT2D eigenvalue weighted by molar-refractivity contribution is 0.0963. The maximum Gasteiger partial charge on any atom is 0.251 e. The number of aromatic nitrogens is 1. The molecule has 0 unspecified atom stereocenters. The molecular formula is C18H25N5O. The van der Waals surface area contributed by atoms with E-state index >= 15 is 0 Å². The van der Waals surface area contributed by atoms with Crippen LogP contribution in [0.15, 0.2) is 53.8 Å². The van der Waals surface area contributed by atoms with E-state index in [0.29, 0.717) is 5.56 Å². The normalized spacial score (nSPS) is 11.2. The Balaban J connectivity index is 1.74. The summed E-state index contributed by atoms with van der Waals surface area (Å²) in [5.74, 6) is 0.719. The van der Waals surface area contributed by atoms with Crippen LogP contribution in [0.5, 0.6) is 0 Å². The fraction of sp³-hybridized carbons (Fsp3) is 0.333. The van der Waals surface area contributed by atoms with Crippen molar-refractivity contribution < 1.29 is 4.79 Å². The van der Waals surface area contributed by atoms with E-state index in [9.17, 15) is 4.79 Å². The first-order valence-corrected chi connectivity index (χ1v) is 8.09. The van der Waals surface area contributed by atoms with Gasteiger partial charge in [-0.25, -0.2) is 0 Å². The van der Waals surface area contributed by atoms with Gasteiger partial charge in [0.05, 0.1) is 0 Å². The highest BCUT2D eigenvalue weighted by Crippen LogP contribution is 2.05. The summed E-state index contributed by atoms with van der Waals surface area (Å²) in [7, 11) is 3.40. The van der Waals surface area contributed by atoms with E-state index in [-0.39, 0.29) is 5.91 Å². The molecule has 1 aromatic carbocycles. The maximum absolute atomic E-state index is 11.7. The fourth-order valence-corrected chi connectivity index (χ4v) is 2.38. The van der Waals surface area contributed by atoms with Crippen LogP contribution in [-0.2, 0) is 13.0 Å². The Hall–Kier alpha value is -2.76. The molecule has 3 N–H and O–H groups in total. The third-order valence-corrected chi connectivity index (χ3v) is 3.67. The molecule has 0 saturated heterocycles. The number of nitrogens with zero attached hydrogens (tertiary/aromatic N) is 2. The molecule has 1 amide bonds. The SMILES string of the molecule is CN=C(NCCc1cccc(C(=O)NC)c1)NCCn1cccc1. The van der Waals surface area contributed by atoms with E-state index in [2.05, 4.69) is 25.5 Å². The Bertz CT molecular complexity index is 664. The lowest BCUT2D eigenvalue weighted by Crippen LogP contribution is -2.39. The molecule has 0 spiro atoms. The van der Waals surface area contributed by atoms with Crippen LogP contribution in [0.25, 0.3) is 0 Å². The van der Waals surface area contributed by atoms with Crippen LogP contribution in [0.4, 0.5) is 0 Å². The summed E-state index contributed by atoms with van der Waals surface area (Å²) in [6, 6.07) is 11.7. The predicted octanol–water partition coefficient (Wildman–Crippen LogP) is 1.26. The molecule has 128 valence electrons. The predicted molar refractivity (Wildman–Crippen MR) is 97.3 cm³/mol. The van der Waals surface area contributed by atoms with Crippen molar-refractivity contribution in [2.24, 2.45) is 4.99 Å². The second-order valence-electron chi connectivity index (χ2n) is 5.38. The van der Waals surface area contributed by atoms with Gasteiger partial charge in [0, 0.05) is 51.7 Å². The van der Waals surface area contributed by atoms with Gasteiger partial charge in [-0.2, -0.15) is 0 Å². The van der Waals surface area contributed by atoms with Gasteiger partial charge in [-0.05, 0) is 36.2 Å². The number of aliphatic imine (C=N–C) groups is 1. The zero-order chi connectivity index (χ0) is 17.2. The largest absolute Gasteiger partial charge is 0.356 e. The van der Waals surface area contributed by atoms with Gasteiger partial charge in [0.15, 0.2) is 5.96 Å². The number of carbonyl (C=O) groups is 1. The molecule has 6 heteroatoms. The highest BCUT2D eigenvalue weighted by Gasteiger charge is 2.04. The van der Waals surface area contributed by atoms with Crippen LogP contribution < -0.4 is 16.0 Å². The third kappa shape index (κ3) is 5.46. The fourth-order valence-electron chi connectivity index (χ4n) is 2.38. The molecular weight excluding hydrogens is 302 g/mol. The van der Waals surface area contributed by atoms with Crippen molar-refractivity contribution in [2.75, 3.05) is 27.2 Å².